The zero-order chi connectivity index (χ0) is 89.9. The topological polar surface area (TPSA) is 354 Å². The molecular formula is C89H127FN10O14S. The number of anilines is 3. The van der Waals surface area contributed by atoms with E-state index < -0.39 is 17.3 Å². The number of aromatic nitrogens is 3. The number of nitrogens with two attached hydrogens (primary N) is 2. The lowest BCUT2D eigenvalue weighted by Crippen LogP contribution is -2.40. The molecule has 2 atom stereocenters. The van der Waals surface area contributed by atoms with E-state index in [-0.39, 0.29) is 63.5 Å². The Hall–Kier alpha value is -11.6. The number of H-pyrrole nitrogens is 1. The van der Waals surface area contributed by atoms with Gasteiger partial charge in [-0.25, -0.2) is 4.79 Å². The zero-order valence-corrected chi connectivity index (χ0v) is 72.2. The van der Waals surface area contributed by atoms with Gasteiger partial charge in [-0.2, -0.15) is 37.2 Å². The first-order chi connectivity index (χ1) is 55.8. The van der Waals surface area contributed by atoms with Crippen LogP contribution >= 0.6 is 0 Å². The summed E-state index contributed by atoms with van der Waals surface area (Å²) >= 11 is 0. The number of para-hydroxylation sites is 6. The van der Waals surface area contributed by atoms with Crippen LogP contribution in [0, 0.1) is 6.92 Å². The van der Waals surface area contributed by atoms with E-state index in [0.29, 0.717) is 6.42 Å². The highest BCUT2D eigenvalue weighted by molar-refractivity contribution is 7.85. The van der Waals surface area contributed by atoms with Gasteiger partial charge in [-0.05, 0) is 124 Å². The summed E-state index contributed by atoms with van der Waals surface area (Å²) in [6.07, 6.45) is 10.5. The standard InChI is InChI=1S/C12H17N3O.C12H13NO.C11H11NO.C10H14N2.C10H11NO.C10H9NO.C7H8O3S.6C2H6.CH3F.CH5N.3CO2/c1-13-12(16)14-10-7-8-15(2)11-6-4-3-5-9(10)11;1-3-9-8-13(2)11-7-5-4-6-10(11)12(9)14;1-2-8-7-12-10-6-4-3-5-9(10)11(8)13;1-12-7-6-9(11)8-4-2-3-5-10(8)12;2*1-11-7-6-10(12)8-4-2-3-5-9(8)11;1-6-2-4-7(5-3-6)11(8,9)10;8*1-2;3*2-1-3/h3-6,10H,7-8H2,1-2H3,(H2,13,14,16);4-8H,3H2,1-2H3;3-7H,2H2,1H3,(H,12,13);2-5,9H,6-7,11H2,1H3;2-5H,6-7H2,1H3;2-7H,1H3;2-5H,1H3,(H,8,9,10);6*1-2H3;1H3;2H2,1H3;;;/i;;;;;;;;;;;;;1D;;;;. The third-order valence-electron chi connectivity index (χ3n) is 15.9. The van der Waals surface area contributed by atoms with Crippen molar-refractivity contribution in [2.24, 2.45) is 25.6 Å². The molecule has 630 valence electrons. The quantitative estimate of drug-likeness (QED) is 0.0891. The number of carbonyl (C=O) groups is 2. The Morgan fingerprint density at radius 1 is 0.548 bits per heavy atom. The Bertz CT molecular complexity index is 4700. The smallest absolute Gasteiger partial charge is 0.373 e. The lowest BCUT2D eigenvalue weighted by atomic mass is 9.97. The number of hydrogen-bond acceptors (Lipinski definition) is 18. The average molecular weight is 1610 g/mol. The maximum Gasteiger partial charge on any atom is 0.373 e. The number of Topliss-reactive ketones (excluding diaryl/α,β-unsaturated/α-hetero) is 1. The van der Waals surface area contributed by atoms with Crippen LogP contribution in [0.3, 0.4) is 0 Å². The number of urea groups is 1. The first-order valence-corrected chi connectivity index (χ1v) is 39.6. The fourth-order valence-corrected chi connectivity index (χ4v) is 11.2. The summed E-state index contributed by atoms with van der Waals surface area (Å²) in [5.41, 5.74) is 23.3. The van der Waals surface area contributed by atoms with E-state index in [1.807, 2.05) is 250 Å². The van der Waals surface area contributed by atoms with Crippen molar-refractivity contribution in [3.05, 3.63) is 259 Å². The number of fused-ring (bicyclic) bond motifs is 6. The highest BCUT2D eigenvalue weighted by Crippen LogP contribution is 2.33. The van der Waals surface area contributed by atoms with Gasteiger partial charge in [0, 0.05) is 154 Å². The first kappa shape index (κ1) is 110. The molecule has 13 rings (SSSR count). The molecule has 3 aliphatic heterocycles. The van der Waals surface area contributed by atoms with Crippen LogP contribution < -0.4 is 53.1 Å². The molecule has 0 radical (unpaired) electrons. The molecule has 8 N–H and O–H groups in total. The van der Waals surface area contributed by atoms with Crippen LogP contribution in [0.25, 0.3) is 32.7 Å². The Kier molecular flexibility index (Phi) is 64.9. The lowest BCUT2D eigenvalue weighted by Gasteiger charge is -2.33. The van der Waals surface area contributed by atoms with E-state index in [2.05, 4.69) is 86.5 Å². The van der Waals surface area contributed by atoms with Crippen LogP contribution in [0.4, 0.5) is 26.2 Å². The van der Waals surface area contributed by atoms with Crippen molar-refractivity contribution in [3.63, 3.8) is 0 Å². The third kappa shape index (κ3) is 39.6. The molecule has 0 fully saturated rings. The summed E-state index contributed by atoms with van der Waals surface area (Å²) in [5.74, 6) is 0.267. The molecule has 26 heteroatoms. The van der Waals surface area contributed by atoms with Gasteiger partial charge in [0.1, 0.15) is 0 Å². The number of halogens is 1. The summed E-state index contributed by atoms with van der Waals surface area (Å²) in [4.78, 5) is 116. The van der Waals surface area contributed by atoms with Crippen LogP contribution in [-0.4, -0.2) is 119 Å². The van der Waals surface area contributed by atoms with Gasteiger partial charge in [-0.3, -0.25) is 28.1 Å². The summed E-state index contributed by atoms with van der Waals surface area (Å²) in [6.45, 7) is 32.7. The van der Waals surface area contributed by atoms with Crippen molar-refractivity contribution >= 4 is 90.2 Å². The molecule has 0 saturated heterocycles. The number of aryl methyl sites for hydroxylation is 5. The second-order valence-corrected chi connectivity index (χ2v) is 23.8. The maximum atomic E-state index is 11.9. The molecule has 0 saturated carbocycles. The number of amides is 2. The number of ketones is 1. The normalized spacial score (nSPS) is 12.0. The number of nitrogens with zero attached hydrogens (tertiary/aromatic N) is 5. The molecule has 6 heterocycles. The van der Waals surface area contributed by atoms with Crippen molar-refractivity contribution in [2.75, 3.05) is 76.7 Å². The highest BCUT2D eigenvalue weighted by Gasteiger charge is 2.24. The van der Waals surface area contributed by atoms with Crippen LogP contribution in [0.5, 0.6) is 0 Å². The number of aromatic amines is 1. The van der Waals surface area contributed by atoms with Crippen LogP contribution in [0.2, 0.25) is 0 Å². The van der Waals surface area contributed by atoms with Crippen molar-refractivity contribution < 1.29 is 57.1 Å². The second kappa shape index (κ2) is 68.0. The molecule has 2 amide bonds. The van der Waals surface area contributed by atoms with Crippen molar-refractivity contribution in [1.82, 2.24) is 24.8 Å². The molecule has 0 bridgehead atoms. The molecule has 3 aromatic heterocycles. The number of carbonyl (C=O) groups excluding carboxylic acids is 8. The minimum atomic E-state index is -4.02. The predicted octanol–water partition coefficient (Wildman–Crippen LogP) is 16.3. The molecule has 7 aromatic carbocycles. The van der Waals surface area contributed by atoms with Gasteiger partial charge in [-0.15, -0.1) is 0 Å². The van der Waals surface area contributed by atoms with Gasteiger partial charge >= 0.3 is 24.5 Å². The van der Waals surface area contributed by atoms with E-state index in [1.54, 1.807) is 37.6 Å². The number of pyridine rings is 3. The molecule has 24 nitrogen and oxygen atoms in total. The number of benzene rings is 7. The Labute approximate surface area is 682 Å². The van der Waals surface area contributed by atoms with Gasteiger partial charge < -0.3 is 50.9 Å². The van der Waals surface area contributed by atoms with Gasteiger partial charge in [0.15, 0.2) is 22.1 Å². The molecular weight excluding hydrogens is 1480 g/mol. The van der Waals surface area contributed by atoms with E-state index in [0.717, 1.165) is 106 Å². The lowest BCUT2D eigenvalue weighted by molar-refractivity contribution is -0.193. The second-order valence-electron chi connectivity index (χ2n) is 22.4. The minimum Gasteiger partial charge on any atom is -0.374 e. The third-order valence-corrected chi connectivity index (χ3v) is 16.8. The molecule has 3 aliphatic rings. The number of nitrogens with one attached hydrogen (secondary N) is 3. The van der Waals surface area contributed by atoms with E-state index in [4.69, 9.17) is 40.4 Å². The van der Waals surface area contributed by atoms with Crippen LogP contribution in [0.15, 0.2) is 214 Å². The number of alkyl halides is 1. The van der Waals surface area contributed by atoms with Crippen LogP contribution in [-0.2, 0) is 65.8 Å². The Morgan fingerprint density at radius 2 is 0.948 bits per heavy atom. The van der Waals surface area contributed by atoms with Crippen LogP contribution in [0.1, 0.15) is 168 Å². The van der Waals surface area contributed by atoms with E-state index >= 15 is 0 Å². The Balaban J connectivity index is -0.000000394. The predicted molar refractivity (Wildman–Crippen MR) is 468 cm³/mol. The maximum absolute atomic E-state index is 11.9. The van der Waals surface area contributed by atoms with Crippen molar-refractivity contribution in [1.29, 1.82) is 0 Å². The largest absolute Gasteiger partial charge is 0.374 e. The molecule has 0 spiro atoms. The summed E-state index contributed by atoms with van der Waals surface area (Å²) < 4.78 is 49.0. The molecule has 0 aliphatic carbocycles. The van der Waals surface area contributed by atoms with E-state index in [1.165, 1.54) is 41.7 Å². The molecule has 10 aromatic rings. The fourth-order valence-electron chi connectivity index (χ4n) is 10.7. The monoisotopic (exact) mass is 1610 g/mol. The molecule has 115 heavy (non-hydrogen) atoms. The average Bonchev–Trinajstić information content (AvgIpc) is 0.807. The van der Waals surface area contributed by atoms with Gasteiger partial charge in [0.2, 0.25) is 0 Å². The summed E-state index contributed by atoms with van der Waals surface area (Å²) in [6, 6.07) is 55.0. The Morgan fingerprint density at radius 3 is 1.42 bits per heavy atom. The number of rotatable bonds is 4. The zero-order valence-electron chi connectivity index (χ0n) is 72.4. The van der Waals surface area contributed by atoms with E-state index in [9.17, 15) is 36.8 Å². The van der Waals surface area contributed by atoms with Crippen molar-refractivity contribution in [3.8, 4) is 0 Å². The first-order valence-electron chi connectivity index (χ1n) is 38.9. The molecule has 2 unspecified atom stereocenters. The summed E-state index contributed by atoms with van der Waals surface area (Å²) in [5, 5.41) is 7.93. The highest BCUT2D eigenvalue weighted by atomic mass is 32.2. The SMILES string of the molecule is CC.CC.CC.CC.CC.CC.CCc1c[nH]c2ccccc2c1=O.CCc1cn(C)c2ccccc2c1=O.CN.CN1CCC(=O)c2ccccc21.CN1CCC(N)c2ccccc21.CNC(=O)NC1CCN(C)c2ccccc21.Cc1ccc(S(=O)(=O)O)cc1.Cn1ccc(=O)c2ccccc21.O=C=O.O=C=O.O=C=O.[2H]CF. The van der Waals surface area contributed by atoms with Gasteiger partial charge in [0.25, 0.3) is 10.1 Å². The fraction of sp³-hybridized carbons (Fsp3) is 0.371. The van der Waals surface area contributed by atoms with Gasteiger partial charge in [-0.1, -0.05) is 200 Å². The van der Waals surface area contributed by atoms with Crippen molar-refractivity contribution in [2.45, 2.75) is 153 Å². The minimum absolute atomic E-state index is 0.0666. The summed E-state index contributed by atoms with van der Waals surface area (Å²) in [7, 11) is 8.23. The van der Waals surface area contributed by atoms with Gasteiger partial charge in [0.05, 0.1) is 30.5 Å². The number of hydrogen-bond donors (Lipinski definition) is 6.